The number of aryl methyl sites for hydroxylation is 1. The van der Waals surface area contributed by atoms with Crippen molar-refractivity contribution in [3.05, 3.63) is 30.1 Å². The van der Waals surface area contributed by atoms with Crippen molar-refractivity contribution in [3.63, 3.8) is 0 Å². The second-order valence-corrected chi connectivity index (χ2v) is 4.23. The van der Waals surface area contributed by atoms with Gasteiger partial charge in [0.2, 0.25) is 0 Å². The Morgan fingerprint density at radius 3 is 2.88 bits per heavy atom. The topological polar surface area (TPSA) is 29.9 Å². The van der Waals surface area contributed by atoms with Gasteiger partial charge in [-0.3, -0.25) is 0 Å². The second kappa shape index (κ2) is 5.71. The van der Waals surface area contributed by atoms with Gasteiger partial charge in [0.05, 0.1) is 0 Å². The summed E-state index contributed by atoms with van der Waals surface area (Å²) in [5.74, 6) is 0.657. The minimum Gasteiger partial charge on any atom is -0.332 e. The number of halogens is 2. The molecule has 0 aliphatic carbocycles. The zero-order valence-electron chi connectivity index (χ0n) is 9.72. The smallest absolute Gasteiger partial charge is 0.139 e. The van der Waals surface area contributed by atoms with Gasteiger partial charge >= 0.3 is 0 Å². The predicted octanol–water partition coefficient (Wildman–Crippen LogP) is 2.49. The van der Waals surface area contributed by atoms with Gasteiger partial charge in [0.25, 0.3) is 0 Å². The van der Waals surface area contributed by atoms with E-state index in [0.717, 1.165) is 18.7 Å². The van der Waals surface area contributed by atoms with Crippen molar-refractivity contribution in [3.8, 4) is 0 Å². The van der Waals surface area contributed by atoms with Gasteiger partial charge in [-0.05, 0) is 31.2 Å². The molecule has 0 amide bonds. The van der Waals surface area contributed by atoms with Gasteiger partial charge in [0.15, 0.2) is 0 Å². The van der Waals surface area contributed by atoms with E-state index in [0.29, 0.717) is 5.92 Å². The Balaban J connectivity index is 0.000000722. The molecule has 1 aliphatic heterocycles. The summed E-state index contributed by atoms with van der Waals surface area (Å²) in [7, 11) is 2.11. The van der Waals surface area contributed by atoms with E-state index in [-0.39, 0.29) is 24.8 Å². The van der Waals surface area contributed by atoms with E-state index in [1.807, 2.05) is 12.3 Å². The molecule has 1 aliphatic rings. The summed E-state index contributed by atoms with van der Waals surface area (Å²) in [6, 6.07) is 6.41. The fourth-order valence-corrected chi connectivity index (χ4v) is 2.48. The Labute approximate surface area is 113 Å². The molecular formula is C12H17Cl2N3. The van der Waals surface area contributed by atoms with Crippen LogP contribution in [0.15, 0.2) is 24.4 Å². The van der Waals surface area contributed by atoms with Gasteiger partial charge in [-0.2, -0.15) is 0 Å². The van der Waals surface area contributed by atoms with Crippen molar-refractivity contribution in [1.29, 1.82) is 0 Å². The second-order valence-electron chi connectivity index (χ2n) is 4.23. The van der Waals surface area contributed by atoms with Crippen molar-refractivity contribution in [1.82, 2.24) is 14.9 Å². The number of rotatable bonds is 1. The van der Waals surface area contributed by atoms with Gasteiger partial charge in [0, 0.05) is 36.8 Å². The quantitative estimate of drug-likeness (QED) is 0.866. The van der Waals surface area contributed by atoms with Gasteiger partial charge in [0.1, 0.15) is 5.65 Å². The summed E-state index contributed by atoms with van der Waals surface area (Å²) in [5.41, 5.74) is 2.51. The van der Waals surface area contributed by atoms with Crippen LogP contribution >= 0.6 is 24.8 Å². The van der Waals surface area contributed by atoms with Crippen LogP contribution in [0.4, 0.5) is 0 Å². The number of hydrogen-bond acceptors (Lipinski definition) is 2. The first-order valence-electron chi connectivity index (χ1n) is 5.47. The maximum atomic E-state index is 4.42. The SMILES string of the molecule is Cl.Cl.Cn1c(C2CCNC2)cc2cccnc21. The molecule has 1 fully saturated rings. The summed E-state index contributed by atoms with van der Waals surface area (Å²) in [5, 5.41) is 4.66. The van der Waals surface area contributed by atoms with Gasteiger partial charge < -0.3 is 9.88 Å². The molecule has 1 N–H and O–H groups in total. The fraction of sp³-hybridized carbons (Fsp3) is 0.417. The highest BCUT2D eigenvalue weighted by Crippen LogP contribution is 2.26. The summed E-state index contributed by atoms with van der Waals surface area (Å²) in [6.45, 7) is 2.24. The zero-order chi connectivity index (χ0) is 10.3. The molecule has 0 bridgehead atoms. The van der Waals surface area contributed by atoms with Crippen LogP contribution in [-0.4, -0.2) is 22.6 Å². The molecule has 0 saturated carbocycles. The van der Waals surface area contributed by atoms with E-state index >= 15 is 0 Å². The van der Waals surface area contributed by atoms with E-state index in [4.69, 9.17) is 0 Å². The summed E-state index contributed by atoms with van der Waals surface area (Å²) in [4.78, 5) is 4.42. The largest absolute Gasteiger partial charge is 0.332 e. The summed E-state index contributed by atoms with van der Waals surface area (Å²) >= 11 is 0. The minimum absolute atomic E-state index is 0. The Bertz CT molecular complexity index is 489. The Kier molecular flexibility index (Phi) is 4.80. The Morgan fingerprint density at radius 2 is 2.24 bits per heavy atom. The number of aromatic nitrogens is 2. The molecular weight excluding hydrogens is 257 g/mol. The van der Waals surface area contributed by atoms with E-state index in [1.165, 1.54) is 17.5 Å². The van der Waals surface area contributed by atoms with E-state index < -0.39 is 0 Å². The molecule has 2 aromatic heterocycles. The first kappa shape index (κ1) is 14.3. The highest BCUT2D eigenvalue weighted by molar-refractivity contribution is 5.85. The molecule has 1 atom stereocenters. The highest BCUT2D eigenvalue weighted by Gasteiger charge is 2.20. The normalized spacial score (nSPS) is 18.8. The lowest BCUT2D eigenvalue weighted by Crippen LogP contribution is -2.10. The van der Waals surface area contributed by atoms with Crippen LogP contribution in [0.3, 0.4) is 0 Å². The summed E-state index contributed by atoms with van der Waals surface area (Å²) in [6.07, 6.45) is 3.10. The number of nitrogens with zero attached hydrogens (tertiary/aromatic N) is 2. The molecule has 5 heteroatoms. The molecule has 3 heterocycles. The monoisotopic (exact) mass is 273 g/mol. The number of fused-ring (bicyclic) bond motifs is 1. The Hall–Kier alpha value is -0.770. The molecule has 3 rings (SSSR count). The van der Waals surface area contributed by atoms with Crippen LogP contribution in [0.25, 0.3) is 11.0 Å². The number of pyridine rings is 1. The van der Waals surface area contributed by atoms with Crippen molar-refractivity contribution in [2.75, 3.05) is 13.1 Å². The number of hydrogen-bond donors (Lipinski definition) is 1. The third-order valence-corrected chi connectivity index (χ3v) is 3.30. The lowest BCUT2D eigenvalue weighted by molar-refractivity contribution is 0.692. The Morgan fingerprint density at radius 1 is 1.41 bits per heavy atom. The van der Waals surface area contributed by atoms with Gasteiger partial charge in [-0.25, -0.2) is 4.98 Å². The zero-order valence-corrected chi connectivity index (χ0v) is 11.4. The summed E-state index contributed by atoms with van der Waals surface area (Å²) < 4.78 is 2.23. The first-order chi connectivity index (χ1) is 7.36. The van der Waals surface area contributed by atoms with Crippen LogP contribution in [0.1, 0.15) is 18.0 Å². The van der Waals surface area contributed by atoms with E-state index in [2.05, 4.69) is 34.0 Å². The molecule has 94 valence electrons. The van der Waals surface area contributed by atoms with Crippen LogP contribution in [0, 0.1) is 0 Å². The van der Waals surface area contributed by atoms with Gasteiger partial charge in [-0.1, -0.05) is 0 Å². The molecule has 1 saturated heterocycles. The van der Waals surface area contributed by atoms with Crippen molar-refractivity contribution in [2.24, 2.45) is 7.05 Å². The standard InChI is InChI=1S/C12H15N3.2ClH/c1-15-11(10-4-6-13-8-10)7-9-3-2-5-14-12(9)15;;/h2-3,5,7,10,13H,4,6,8H2,1H3;2*1H. The fourth-order valence-electron chi connectivity index (χ4n) is 2.48. The van der Waals surface area contributed by atoms with E-state index in [9.17, 15) is 0 Å². The average molecular weight is 274 g/mol. The third-order valence-electron chi connectivity index (χ3n) is 3.30. The molecule has 0 radical (unpaired) electrons. The molecule has 0 spiro atoms. The van der Waals surface area contributed by atoms with Crippen molar-refractivity contribution >= 4 is 35.8 Å². The highest BCUT2D eigenvalue weighted by atomic mass is 35.5. The van der Waals surface area contributed by atoms with Crippen LogP contribution in [0.5, 0.6) is 0 Å². The minimum atomic E-state index is 0. The molecule has 2 aromatic rings. The number of nitrogens with one attached hydrogen (secondary N) is 1. The molecule has 1 unspecified atom stereocenters. The maximum Gasteiger partial charge on any atom is 0.139 e. The van der Waals surface area contributed by atoms with E-state index in [1.54, 1.807) is 0 Å². The van der Waals surface area contributed by atoms with Crippen molar-refractivity contribution in [2.45, 2.75) is 12.3 Å². The van der Waals surface area contributed by atoms with Gasteiger partial charge in [-0.15, -0.1) is 24.8 Å². The molecule has 3 nitrogen and oxygen atoms in total. The van der Waals surface area contributed by atoms with Crippen LogP contribution in [-0.2, 0) is 7.05 Å². The maximum absolute atomic E-state index is 4.42. The van der Waals surface area contributed by atoms with Crippen LogP contribution < -0.4 is 5.32 Å². The van der Waals surface area contributed by atoms with Crippen molar-refractivity contribution < 1.29 is 0 Å². The van der Waals surface area contributed by atoms with Crippen LogP contribution in [0.2, 0.25) is 0 Å². The third kappa shape index (κ3) is 2.41. The lowest BCUT2D eigenvalue weighted by atomic mass is 10.1. The molecule has 0 aromatic carbocycles. The average Bonchev–Trinajstić information content (AvgIpc) is 2.87. The lowest BCUT2D eigenvalue weighted by Gasteiger charge is -2.09. The predicted molar refractivity (Wildman–Crippen MR) is 75.4 cm³/mol. The first-order valence-corrected chi connectivity index (χ1v) is 5.47. The molecule has 17 heavy (non-hydrogen) atoms.